The smallest absolute Gasteiger partial charge is 0.180 e. The van der Waals surface area contributed by atoms with Crippen LogP contribution in [0, 0.1) is 121 Å². The third kappa shape index (κ3) is 5.23. The van der Waals surface area contributed by atoms with E-state index in [1.165, 1.54) is 6.07 Å². The Balaban J connectivity index is 2.35. The van der Waals surface area contributed by atoms with Gasteiger partial charge in [0.1, 0.15) is 52.9 Å². The molecule has 0 atom stereocenters. The van der Waals surface area contributed by atoms with Crippen LogP contribution >= 0.6 is 0 Å². The maximum atomic E-state index is 15.7. The number of halogens is 11. The molecule has 0 bridgehead atoms. The van der Waals surface area contributed by atoms with Crippen molar-refractivity contribution < 1.29 is 48.3 Å². The largest absolute Gasteiger partial charge is 0.205 e. The molecule has 4 rings (SSSR count). The number of nitriles is 5. The molecular weight excluding hydrogens is 687 g/mol. The molecule has 0 amide bonds. The van der Waals surface area contributed by atoms with Gasteiger partial charge in [-0.05, 0) is 30.9 Å². The molecule has 0 saturated heterocycles. The molecule has 1 saturated carbocycles. The van der Waals surface area contributed by atoms with Crippen LogP contribution in [-0.4, -0.2) is 0 Å². The van der Waals surface area contributed by atoms with Gasteiger partial charge in [-0.3, -0.25) is 0 Å². The van der Waals surface area contributed by atoms with Crippen LogP contribution in [0.15, 0.2) is 29.4 Å². The van der Waals surface area contributed by atoms with Gasteiger partial charge in [0.25, 0.3) is 0 Å². The summed E-state index contributed by atoms with van der Waals surface area (Å²) >= 11 is 0. The first-order chi connectivity index (χ1) is 23.6. The number of hydrogen-bond donors (Lipinski definition) is 0. The fourth-order valence-electron chi connectivity index (χ4n) is 5.22. The van der Waals surface area contributed by atoms with Crippen LogP contribution in [0.5, 0.6) is 0 Å². The van der Waals surface area contributed by atoms with Crippen molar-refractivity contribution in [3.63, 3.8) is 0 Å². The van der Waals surface area contributed by atoms with Crippen molar-refractivity contribution in [2.75, 3.05) is 0 Å². The van der Waals surface area contributed by atoms with Crippen molar-refractivity contribution in [1.82, 2.24) is 0 Å². The Hall–Kier alpha value is -6.70. The summed E-state index contributed by atoms with van der Waals surface area (Å²) in [4.78, 5) is 0. The molecule has 50 heavy (non-hydrogen) atoms. The zero-order valence-electron chi connectivity index (χ0n) is 24.6. The van der Waals surface area contributed by atoms with Crippen molar-refractivity contribution in [3.05, 3.63) is 132 Å². The number of allylic oxidation sites excluding steroid dienone is 7. The Labute approximate surface area is 273 Å². The summed E-state index contributed by atoms with van der Waals surface area (Å²) in [6.07, 6.45) is 0.324. The van der Waals surface area contributed by atoms with E-state index in [2.05, 4.69) is 6.58 Å². The minimum Gasteiger partial charge on any atom is -0.205 e. The summed E-state index contributed by atoms with van der Waals surface area (Å²) in [6, 6.07) is 5.31. The molecule has 0 spiro atoms. The lowest BCUT2D eigenvalue weighted by Crippen LogP contribution is -2.08. The molecule has 1 aliphatic rings. The molecule has 5 nitrogen and oxygen atoms in total. The Bertz CT molecular complexity index is 2360. The zero-order valence-corrected chi connectivity index (χ0v) is 24.6. The molecule has 3 aromatic rings. The second-order valence-electron chi connectivity index (χ2n) is 10.1. The van der Waals surface area contributed by atoms with Gasteiger partial charge in [-0.15, -0.1) is 6.58 Å². The average Bonchev–Trinajstić information content (AvgIpc) is 3.82. The fraction of sp³-hybridized carbons (Fsp3) is 0.0882. The van der Waals surface area contributed by atoms with E-state index in [0.717, 1.165) is 30.4 Å². The van der Waals surface area contributed by atoms with Crippen molar-refractivity contribution in [3.8, 4) is 30.3 Å². The van der Waals surface area contributed by atoms with Crippen molar-refractivity contribution in [1.29, 1.82) is 26.3 Å². The van der Waals surface area contributed by atoms with E-state index >= 15 is 26.3 Å². The van der Waals surface area contributed by atoms with Gasteiger partial charge in [-0.25, -0.2) is 48.3 Å². The highest BCUT2D eigenvalue weighted by atomic mass is 19.2. The van der Waals surface area contributed by atoms with E-state index in [1.807, 2.05) is 0 Å². The molecular formula is C34H10F11N5. The summed E-state index contributed by atoms with van der Waals surface area (Å²) < 4.78 is 165. The summed E-state index contributed by atoms with van der Waals surface area (Å²) in [5.74, 6) is -24.4. The van der Waals surface area contributed by atoms with Gasteiger partial charge in [0.2, 0.25) is 0 Å². The highest BCUT2D eigenvalue weighted by Crippen LogP contribution is 2.57. The topological polar surface area (TPSA) is 119 Å². The van der Waals surface area contributed by atoms with Crippen molar-refractivity contribution in [2.45, 2.75) is 19.8 Å². The Morgan fingerprint density at radius 3 is 1.20 bits per heavy atom. The molecule has 0 radical (unpaired) electrons. The molecule has 0 heterocycles. The number of benzene rings is 3. The monoisotopic (exact) mass is 697 g/mol. The molecule has 0 N–H and O–H groups in total. The molecule has 0 aliphatic heterocycles. The first-order valence-corrected chi connectivity index (χ1v) is 13.4. The van der Waals surface area contributed by atoms with E-state index in [-0.39, 0.29) is 6.42 Å². The maximum absolute atomic E-state index is 15.7. The lowest BCUT2D eigenvalue weighted by atomic mass is 9.92. The van der Waals surface area contributed by atoms with E-state index in [1.54, 1.807) is 0 Å². The quantitative estimate of drug-likeness (QED) is 0.111. The SMILES string of the molecule is C=CCCc1c(F)c(C#N)c(F)c(F)c1C(C#N)=C1C(=C(C)c2c(F)c(F)c(C#N)c(F)c2F)C1=C(C#N)c1c(F)c(F)c(C#N)c(F)c1F. The van der Waals surface area contributed by atoms with Gasteiger partial charge in [-0.2, -0.15) is 26.3 Å². The zero-order chi connectivity index (χ0) is 37.5. The van der Waals surface area contributed by atoms with Gasteiger partial charge in [0, 0.05) is 22.3 Å². The van der Waals surface area contributed by atoms with E-state index in [9.17, 15) is 37.7 Å². The third-order valence-corrected chi connectivity index (χ3v) is 7.54. The first-order valence-electron chi connectivity index (χ1n) is 13.4. The molecule has 0 unspecified atom stereocenters. The summed E-state index contributed by atoms with van der Waals surface area (Å²) in [5.41, 5.74) is -17.5. The van der Waals surface area contributed by atoms with Crippen molar-refractivity contribution in [2.24, 2.45) is 0 Å². The molecule has 1 aliphatic carbocycles. The molecule has 3 aromatic carbocycles. The van der Waals surface area contributed by atoms with E-state index in [0.29, 0.717) is 6.92 Å². The van der Waals surface area contributed by atoms with Crippen LogP contribution in [0.2, 0.25) is 0 Å². The van der Waals surface area contributed by atoms with Crippen LogP contribution in [0.25, 0.3) is 16.7 Å². The maximum Gasteiger partial charge on any atom is 0.180 e. The standard InChI is InChI=1S/C34H10F11N5/c1-3-4-5-12-20(32(43)25(36)15(8-48)24(12)35)13(6-46)21-18(11(2)19-30(41)26(37)16(9-49)27(38)31(19)42)22(21)14(7-47)23-33(44)28(39)17(10-50)29(40)34(23)45/h3H,1,4-5H2,2H3. The van der Waals surface area contributed by atoms with Crippen molar-refractivity contribution >= 4 is 16.7 Å². The number of rotatable bonds is 6. The van der Waals surface area contributed by atoms with E-state index in [4.69, 9.17) is 10.5 Å². The second-order valence-corrected chi connectivity index (χ2v) is 10.1. The van der Waals surface area contributed by atoms with Gasteiger partial charge in [0.05, 0.1) is 22.3 Å². The van der Waals surface area contributed by atoms with Gasteiger partial charge in [0.15, 0.2) is 58.2 Å². The third-order valence-electron chi connectivity index (χ3n) is 7.54. The second kappa shape index (κ2) is 13.4. The number of hydrogen-bond acceptors (Lipinski definition) is 5. The summed E-state index contributed by atoms with van der Waals surface area (Å²) in [7, 11) is 0. The van der Waals surface area contributed by atoms with Gasteiger partial charge < -0.3 is 0 Å². The van der Waals surface area contributed by atoms with Crippen LogP contribution in [0.3, 0.4) is 0 Å². The fourth-order valence-corrected chi connectivity index (χ4v) is 5.22. The van der Waals surface area contributed by atoms with Crippen LogP contribution in [-0.2, 0) is 6.42 Å². The predicted molar refractivity (Wildman–Crippen MR) is 149 cm³/mol. The van der Waals surface area contributed by atoms with Gasteiger partial charge in [-0.1, -0.05) is 6.08 Å². The predicted octanol–water partition coefficient (Wildman–Crippen LogP) is 8.69. The number of nitrogens with zero attached hydrogens (tertiary/aromatic N) is 5. The minimum atomic E-state index is -2.38. The minimum absolute atomic E-state index is 0.220. The summed E-state index contributed by atoms with van der Waals surface area (Å²) in [6.45, 7) is 4.03. The lowest BCUT2D eigenvalue weighted by Gasteiger charge is -2.13. The summed E-state index contributed by atoms with van der Waals surface area (Å²) in [5, 5.41) is 47.2. The normalized spacial score (nSPS) is 14.9. The average molecular weight is 697 g/mol. The Kier molecular flexibility index (Phi) is 9.71. The van der Waals surface area contributed by atoms with Crippen LogP contribution in [0.4, 0.5) is 48.3 Å². The molecule has 248 valence electrons. The van der Waals surface area contributed by atoms with Crippen LogP contribution < -0.4 is 0 Å². The molecule has 0 aromatic heterocycles. The first kappa shape index (κ1) is 36.1. The molecule has 1 fully saturated rings. The Morgan fingerprint density at radius 1 is 0.500 bits per heavy atom. The Morgan fingerprint density at radius 2 is 0.840 bits per heavy atom. The highest BCUT2D eigenvalue weighted by molar-refractivity contribution is 6.10. The highest BCUT2D eigenvalue weighted by Gasteiger charge is 2.45. The molecule has 16 heteroatoms. The van der Waals surface area contributed by atoms with E-state index < -0.39 is 143 Å². The van der Waals surface area contributed by atoms with Crippen LogP contribution in [0.1, 0.15) is 52.3 Å². The lowest BCUT2D eigenvalue weighted by molar-refractivity contribution is 0.446. The van der Waals surface area contributed by atoms with Gasteiger partial charge >= 0.3 is 0 Å².